The van der Waals surface area contributed by atoms with E-state index < -0.39 is 18.0 Å². The van der Waals surface area contributed by atoms with Crippen molar-refractivity contribution in [3.8, 4) is 11.1 Å². The molecule has 184 valence electrons. The van der Waals surface area contributed by atoms with Crippen LogP contribution in [0.4, 0.5) is 5.69 Å². The number of nitrogens with zero attached hydrogens (tertiary/aromatic N) is 1. The van der Waals surface area contributed by atoms with Crippen molar-refractivity contribution < 1.29 is 14.3 Å². The van der Waals surface area contributed by atoms with Crippen molar-refractivity contribution in [1.29, 1.82) is 0 Å². The largest absolute Gasteiger partial charge is 0.448 e. The molecule has 0 saturated carbocycles. The second-order valence-electron chi connectivity index (χ2n) is 8.70. The lowest BCUT2D eigenvalue weighted by molar-refractivity contribution is -0.123. The topological polar surface area (TPSA) is 77.4 Å². The van der Waals surface area contributed by atoms with Gasteiger partial charge in [0.1, 0.15) is 5.69 Å². The molecule has 1 atom stereocenters. The molecule has 5 aromatic rings. The maximum Gasteiger partial charge on any atom is 0.356 e. The third kappa shape index (κ3) is 4.59. The smallest absolute Gasteiger partial charge is 0.356 e. The fourth-order valence-electron chi connectivity index (χ4n) is 4.45. The van der Waals surface area contributed by atoms with Crippen LogP contribution in [0.1, 0.15) is 17.4 Å². The molecule has 7 heteroatoms. The quantitative estimate of drug-likeness (QED) is 0.286. The molecule has 0 aliphatic heterocycles. The number of halogens is 1. The highest BCUT2D eigenvalue weighted by atomic mass is 35.5. The van der Waals surface area contributed by atoms with Crippen molar-refractivity contribution >= 4 is 50.7 Å². The molecule has 1 heterocycles. The van der Waals surface area contributed by atoms with Gasteiger partial charge < -0.3 is 14.6 Å². The first-order chi connectivity index (χ1) is 17.8. The van der Waals surface area contributed by atoms with Crippen LogP contribution in [0.3, 0.4) is 0 Å². The van der Waals surface area contributed by atoms with Crippen molar-refractivity contribution in [1.82, 2.24) is 4.57 Å². The summed E-state index contributed by atoms with van der Waals surface area (Å²) in [6.45, 7) is 1.50. The molecule has 1 N–H and O–H groups in total. The van der Waals surface area contributed by atoms with Gasteiger partial charge in [0.25, 0.3) is 11.5 Å². The Morgan fingerprint density at radius 3 is 2.19 bits per heavy atom. The minimum Gasteiger partial charge on any atom is -0.448 e. The summed E-state index contributed by atoms with van der Waals surface area (Å²) in [5.74, 6) is -1.26. The van der Waals surface area contributed by atoms with E-state index >= 15 is 0 Å². The number of ether oxygens (including phenoxy) is 1. The van der Waals surface area contributed by atoms with E-state index in [0.717, 1.165) is 10.8 Å². The Hall–Kier alpha value is -4.42. The van der Waals surface area contributed by atoms with Crippen LogP contribution in [-0.2, 0) is 16.6 Å². The molecule has 5 rings (SSSR count). The summed E-state index contributed by atoms with van der Waals surface area (Å²) < 4.78 is 6.88. The molecular formula is C30H23ClN2O4. The van der Waals surface area contributed by atoms with Gasteiger partial charge in [-0.2, -0.15) is 0 Å². The standard InChI is InChI=1S/C30H23ClN2O4/c1-18(28(34)32-25-13-7-9-19-8-3-4-10-22(19)25)37-30(36)27-26(20-14-16-21(31)17-15-20)23-11-5-6-12-24(23)29(35)33(27)2/h3-18H,1-2H3,(H,32,34). The summed E-state index contributed by atoms with van der Waals surface area (Å²) in [5, 5.41) is 6.31. The first kappa shape index (κ1) is 24.3. The highest BCUT2D eigenvalue weighted by molar-refractivity contribution is 6.30. The molecule has 0 saturated heterocycles. The predicted octanol–water partition coefficient (Wildman–Crippen LogP) is 6.20. The summed E-state index contributed by atoms with van der Waals surface area (Å²) in [5.41, 5.74) is 1.55. The first-order valence-corrected chi connectivity index (χ1v) is 12.1. The molecule has 37 heavy (non-hydrogen) atoms. The van der Waals surface area contributed by atoms with Gasteiger partial charge in [-0.3, -0.25) is 9.59 Å². The fourth-order valence-corrected chi connectivity index (χ4v) is 4.58. The maximum atomic E-state index is 13.5. The van der Waals surface area contributed by atoms with Crippen LogP contribution in [0.25, 0.3) is 32.7 Å². The SMILES string of the molecule is CC(OC(=O)c1c(-c2ccc(Cl)cc2)c2ccccc2c(=O)n1C)C(=O)Nc1cccc2ccccc12. The van der Waals surface area contributed by atoms with Gasteiger partial charge in [0.2, 0.25) is 0 Å². The van der Waals surface area contributed by atoms with E-state index in [4.69, 9.17) is 16.3 Å². The molecule has 0 radical (unpaired) electrons. The average molecular weight is 511 g/mol. The highest BCUT2D eigenvalue weighted by Crippen LogP contribution is 2.32. The van der Waals surface area contributed by atoms with Crippen LogP contribution in [0.5, 0.6) is 0 Å². The van der Waals surface area contributed by atoms with Crippen molar-refractivity contribution in [2.45, 2.75) is 13.0 Å². The molecule has 0 spiro atoms. The Morgan fingerprint density at radius 2 is 1.46 bits per heavy atom. The van der Waals surface area contributed by atoms with E-state index in [9.17, 15) is 14.4 Å². The zero-order chi connectivity index (χ0) is 26.1. The molecular weight excluding hydrogens is 488 g/mol. The molecule has 6 nitrogen and oxygen atoms in total. The van der Waals surface area contributed by atoms with E-state index in [1.165, 1.54) is 18.5 Å². The third-order valence-corrected chi connectivity index (χ3v) is 6.58. The number of carbonyl (C=O) groups is 2. The number of aromatic nitrogens is 1. The Bertz CT molecular complexity index is 1720. The molecule has 1 unspecified atom stereocenters. The number of anilines is 1. The van der Waals surface area contributed by atoms with E-state index in [1.807, 2.05) is 36.4 Å². The number of fused-ring (bicyclic) bond motifs is 2. The van der Waals surface area contributed by atoms with Crippen LogP contribution in [0.15, 0.2) is 95.8 Å². The molecule has 1 amide bonds. The van der Waals surface area contributed by atoms with Gasteiger partial charge in [-0.1, -0.05) is 78.3 Å². The second-order valence-corrected chi connectivity index (χ2v) is 9.14. The van der Waals surface area contributed by atoms with Crippen molar-refractivity contribution in [2.24, 2.45) is 7.05 Å². The van der Waals surface area contributed by atoms with E-state index in [-0.39, 0.29) is 11.3 Å². The summed E-state index contributed by atoms with van der Waals surface area (Å²) in [7, 11) is 1.52. The molecule has 0 fully saturated rings. The van der Waals surface area contributed by atoms with Gasteiger partial charge in [0, 0.05) is 34.1 Å². The minimum atomic E-state index is -1.12. The monoisotopic (exact) mass is 510 g/mol. The minimum absolute atomic E-state index is 0.0517. The molecule has 1 aromatic heterocycles. The number of pyridine rings is 1. The number of amides is 1. The van der Waals surface area contributed by atoms with E-state index in [0.29, 0.717) is 32.6 Å². The lowest BCUT2D eigenvalue weighted by atomic mass is 9.96. The van der Waals surface area contributed by atoms with E-state index in [2.05, 4.69) is 5.32 Å². The van der Waals surface area contributed by atoms with E-state index in [1.54, 1.807) is 54.6 Å². The number of benzene rings is 4. The zero-order valence-corrected chi connectivity index (χ0v) is 21.0. The zero-order valence-electron chi connectivity index (χ0n) is 20.2. The lowest BCUT2D eigenvalue weighted by Crippen LogP contribution is -2.33. The highest BCUT2D eigenvalue weighted by Gasteiger charge is 2.26. The molecule has 0 aliphatic carbocycles. The van der Waals surface area contributed by atoms with Gasteiger partial charge in [-0.25, -0.2) is 4.79 Å². The second kappa shape index (κ2) is 9.91. The Morgan fingerprint density at radius 1 is 0.838 bits per heavy atom. The molecule has 4 aromatic carbocycles. The number of rotatable bonds is 5. The van der Waals surface area contributed by atoms with Gasteiger partial charge >= 0.3 is 5.97 Å². The van der Waals surface area contributed by atoms with Crippen LogP contribution in [-0.4, -0.2) is 22.5 Å². The Balaban J connectivity index is 1.51. The average Bonchev–Trinajstić information content (AvgIpc) is 2.91. The van der Waals surface area contributed by atoms with Crippen molar-refractivity contribution in [3.63, 3.8) is 0 Å². The van der Waals surface area contributed by atoms with Gasteiger partial charge in [0.05, 0.1) is 0 Å². The lowest BCUT2D eigenvalue weighted by Gasteiger charge is -2.19. The Labute approximate surface area is 218 Å². The predicted molar refractivity (Wildman–Crippen MR) is 147 cm³/mol. The fraction of sp³-hybridized carbons (Fsp3) is 0.100. The number of nitrogens with one attached hydrogen (secondary N) is 1. The van der Waals surface area contributed by atoms with Gasteiger partial charge in [-0.05, 0) is 47.5 Å². The van der Waals surface area contributed by atoms with Gasteiger partial charge in [-0.15, -0.1) is 0 Å². The normalized spacial score (nSPS) is 11.9. The number of hydrogen-bond acceptors (Lipinski definition) is 4. The molecule has 0 bridgehead atoms. The number of carbonyl (C=O) groups excluding carboxylic acids is 2. The summed E-state index contributed by atoms with van der Waals surface area (Å²) in [4.78, 5) is 39.7. The van der Waals surface area contributed by atoms with Crippen LogP contribution in [0, 0.1) is 0 Å². The van der Waals surface area contributed by atoms with Crippen molar-refractivity contribution in [3.05, 3.63) is 112 Å². The van der Waals surface area contributed by atoms with Gasteiger partial charge in [0.15, 0.2) is 6.10 Å². The summed E-state index contributed by atoms with van der Waals surface area (Å²) >= 11 is 6.09. The number of hydrogen-bond donors (Lipinski definition) is 1. The summed E-state index contributed by atoms with van der Waals surface area (Å²) in [6.07, 6.45) is -1.12. The maximum absolute atomic E-state index is 13.5. The van der Waals surface area contributed by atoms with Crippen LogP contribution >= 0.6 is 11.6 Å². The van der Waals surface area contributed by atoms with Crippen molar-refractivity contribution in [2.75, 3.05) is 5.32 Å². The first-order valence-electron chi connectivity index (χ1n) is 11.7. The van der Waals surface area contributed by atoms with Crippen LogP contribution < -0.4 is 10.9 Å². The summed E-state index contributed by atoms with van der Waals surface area (Å²) in [6, 6.07) is 27.3. The number of esters is 1. The molecule has 0 aliphatic rings. The third-order valence-electron chi connectivity index (χ3n) is 6.33. The van der Waals surface area contributed by atoms with Crippen LogP contribution in [0.2, 0.25) is 5.02 Å². The Kier molecular flexibility index (Phi) is 6.51.